The van der Waals surface area contributed by atoms with Gasteiger partial charge in [-0.1, -0.05) is 0 Å². The molecule has 5 nitrogen and oxygen atoms in total. The quantitative estimate of drug-likeness (QED) is 0.633. The number of hydrogen-bond donors (Lipinski definition) is 3. The molecule has 0 saturated carbocycles. The van der Waals surface area contributed by atoms with E-state index >= 15 is 0 Å². The van der Waals surface area contributed by atoms with Crippen LogP contribution in [0.5, 0.6) is 5.75 Å². The van der Waals surface area contributed by atoms with E-state index in [0.717, 1.165) is 0 Å². The maximum absolute atomic E-state index is 10.6. The van der Waals surface area contributed by atoms with Crippen molar-refractivity contribution in [3.8, 4) is 5.75 Å². The Bertz CT molecular complexity index is 389. The minimum atomic E-state index is -1.05. The second kappa shape index (κ2) is 4.56. The smallest absolute Gasteiger partial charge is 0.305 e. The Kier molecular flexibility index (Phi) is 3.41. The highest BCUT2D eigenvalue weighted by Crippen LogP contribution is 2.22. The van der Waals surface area contributed by atoms with Crippen molar-refractivity contribution in [1.82, 2.24) is 0 Å². The van der Waals surface area contributed by atoms with Crippen LogP contribution in [0.4, 0.5) is 0 Å². The van der Waals surface area contributed by atoms with Crippen LogP contribution in [-0.4, -0.2) is 22.5 Å². The number of phenols is 1. The first-order valence-electron chi connectivity index (χ1n) is 4.30. The SMILES string of the molecule is NC(CC(=O)O)c1cc(O)ccc1C=O. The second-order valence-electron chi connectivity index (χ2n) is 3.14. The van der Waals surface area contributed by atoms with Gasteiger partial charge in [0.25, 0.3) is 0 Å². The van der Waals surface area contributed by atoms with Crippen LogP contribution in [0.3, 0.4) is 0 Å². The third-order valence-corrected chi connectivity index (χ3v) is 1.99. The lowest BCUT2D eigenvalue weighted by Gasteiger charge is -2.11. The normalized spacial score (nSPS) is 12.1. The highest BCUT2D eigenvalue weighted by molar-refractivity contribution is 5.78. The number of aliphatic carboxylic acids is 1. The summed E-state index contributed by atoms with van der Waals surface area (Å²) in [6, 6.07) is 3.26. The minimum Gasteiger partial charge on any atom is -0.508 e. The highest BCUT2D eigenvalue weighted by atomic mass is 16.4. The molecule has 80 valence electrons. The zero-order valence-electron chi connectivity index (χ0n) is 7.88. The number of phenolic OH excluding ortho intramolecular Hbond substituents is 1. The molecule has 0 saturated heterocycles. The van der Waals surface area contributed by atoms with Gasteiger partial charge in [-0.05, 0) is 23.8 Å². The maximum Gasteiger partial charge on any atom is 0.305 e. The predicted molar refractivity (Wildman–Crippen MR) is 52.7 cm³/mol. The number of hydrogen-bond acceptors (Lipinski definition) is 4. The molecule has 0 aromatic heterocycles. The highest BCUT2D eigenvalue weighted by Gasteiger charge is 2.14. The van der Waals surface area contributed by atoms with Crippen LogP contribution >= 0.6 is 0 Å². The Hall–Kier alpha value is -1.88. The number of aromatic hydroxyl groups is 1. The molecule has 5 heteroatoms. The molecule has 4 N–H and O–H groups in total. The van der Waals surface area contributed by atoms with E-state index in [-0.39, 0.29) is 12.2 Å². The third kappa shape index (κ3) is 2.78. The maximum atomic E-state index is 10.6. The number of benzene rings is 1. The molecule has 1 atom stereocenters. The van der Waals surface area contributed by atoms with Crippen LogP contribution in [0.1, 0.15) is 28.4 Å². The fraction of sp³-hybridized carbons (Fsp3) is 0.200. The van der Waals surface area contributed by atoms with Gasteiger partial charge in [-0.3, -0.25) is 9.59 Å². The van der Waals surface area contributed by atoms with Crippen LogP contribution in [0.15, 0.2) is 18.2 Å². The Morgan fingerprint density at radius 2 is 2.20 bits per heavy atom. The Morgan fingerprint density at radius 1 is 1.53 bits per heavy atom. The summed E-state index contributed by atoms with van der Waals surface area (Å²) in [5.74, 6) is -1.10. The van der Waals surface area contributed by atoms with Crippen molar-refractivity contribution < 1.29 is 19.8 Å². The van der Waals surface area contributed by atoms with Gasteiger partial charge in [-0.25, -0.2) is 0 Å². The summed E-state index contributed by atoms with van der Waals surface area (Å²) in [6.45, 7) is 0. The fourth-order valence-corrected chi connectivity index (χ4v) is 1.29. The molecule has 0 aliphatic carbocycles. The lowest BCUT2D eigenvalue weighted by molar-refractivity contribution is -0.137. The molecule has 0 radical (unpaired) electrons. The summed E-state index contributed by atoms with van der Waals surface area (Å²) in [6.07, 6.45) is 0.292. The average Bonchev–Trinajstić information content (AvgIpc) is 2.16. The molecular formula is C10H11NO4. The molecule has 0 spiro atoms. The fourth-order valence-electron chi connectivity index (χ4n) is 1.29. The number of nitrogens with two attached hydrogens (primary N) is 1. The van der Waals surface area contributed by atoms with Crippen molar-refractivity contribution in [2.24, 2.45) is 5.73 Å². The van der Waals surface area contributed by atoms with E-state index in [4.69, 9.17) is 10.8 Å². The number of carbonyl (C=O) groups is 2. The van der Waals surface area contributed by atoms with Crippen molar-refractivity contribution in [3.05, 3.63) is 29.3 Å². The molecule has 1 aromatic rings. The Labute approximate surface area is 86.1 Å². The van der Waals surface area contributed by atoms with E-state index in [1.165, 1.54) is 18.2 Å². The van der Waals surface area contributed by atoms with Crippen LogP contribution in [0.25, 0.3) is 0 Å². The summed E-state index contributed by atoms with van der Waals surface area (Å²) in [5, 5.41) is 17.7. The van der Waals surface area contributed by atoms with E-state index in [1.54, 1.807) is 0 Å². The van der Waals surface area contributed by atoms with E-state index in [2.05, 4.69) is 0 Å². The van der Waals surface area contributed by atoms with Gasteiger partial charge in [-0.2, -0.15) is 0 Å². The summed E-state index contributed by atoms with van der Waals surface area (Å²) < 4.78 is 0. The second-order valence-corrected chi connectivity index (χ2v) is 3.14. The van der Waals surface area contributed by atoms with Gasteiger partial charge in [0.1, 0.15) is 12.0 Å². The van der Waals surface area contributed by atoms with Gasteiger partial charge >= 0.3 is 5.97 Å². The molecule has 0 fully saturated rings. The molecule has 0 aliphatic heterocycles. The molecule has 0 bridgehead atoms. The minimum absolute atomic E-state index is 0.0450. The first-order chi connectivity index (χ1) is 7.04. The largest absolute Gasteiger partial charge is 0.508 e. The van der Waals surface area contributed by atoms with Gasteiger partial charge in [-0.15, -0.1) is 0 Å². The van der Waals surface area contributed by atoms with Gasteiger partial charge in [0.15, 0.2) is 0 Å². The predicted octanol–water partition coefficient (Wildman–Crippen LogP) is 0.679. The van der Waals surface area contributed by atoms with E-state index in [1.807, 2.05) is 0 Å². The van der Waals surface area contributed by atoms with Crippen molar-refractivity contribution in [2.45, 2.75) is 12.5 Å². The van der Waals surface area contributed by atoms with E-state index in [0.29, 0.717) is 17.4 Å². The first-order valence-corrected chi connectivity index (χ1v) is 4.30. The monoisotopic (exact) mass is 209 g/mol. The van der Waals surface area contributed by atoms with Crippen molar-refractivity contribution in [1.29, 1.82) is 0 Å². The van der Waals surface area contributed by atoms with Crippen LogP contribution in [0, 0.1) is 0 Å². The first kappa shape index (κ1) is 11.2. The molecule has 1 aromatic carbocycles. The number of rotatable bonds is 4. The third-order valence-electron chi connectivity index (χ3n) is 1.99. The molecule has 0 aliphatic rings. The summed E-state index contributed by atoms with van der Waals surface area (Å²) >= 11 is 0. The van der Waals surface area contributed by atoms with Crippen molar-refractivity contribution in [2.75, 3.05) is 0 Å². The zero-order chi connectivity index (χ0) is 11.4. The van der Waals surface area contributed by atoms with Crippen LogP contribution in [0.2, 0.25) is 0 Å². The van der Waals surface area contributed by atoms with Crippen molar-refractivity contribution in [3.63, 3.8) is 0 Å². The summed E-state index contributed by atoms with van der Waals surface area (Å²) in [5.41, 5.74) is 6.22. The van der Waals surface area contributed by atoms with Gasteiger partial charge in [0.05, 0.1) is 6.42 Å². The molecule has 0 heterocycles. The number of aldehydes is 1. The summed E-state index contributed by atoms with van der Waals surface area (Å²) in [4.78, 5) is 21.1. The molecule has 0 amide bonds. The lowest BCUT2D eigenvalue weighted by atomic mass is 9.99. The molecule has 1 unspecified atom stereocenters. The lowest BCUT2D eigenvalue weighted by Crippen LogP contribution is -2.16. The van der Waals surface area contributed by atoms with Crippen LogP contribution < -0.4 is 5.73 Å². The topological polar surface area (TPSA) is 101 Å². The van der Waals surface area contributed by atoms with Gasteiger partial charge in [0.2, 0.25) is 0 Å². The summed E-state index contributed by atoms with van der Waals surface area (Å²) in [7, 11) is 0. The number of carboxylic acid groups (broad SMARTS) is 1. The number of carbonyl (C=O) groups excluding carboxylic acids is 1. The van der Waals surface area contributed by atoms with Crippen molar-refractivity contribution >= 4 is 12.3 Å². The molecule has 15 heavy (non-hydrogen) atoms. The average molecular weight is 209 g/mol. The van der Waals surface area contributed by atoms with Gasteiger partial charge < -0.3 is 15.9 Å². The van der Waals surface area contributed by atoms with Crippen LogP contribution in [-0.2, 0) is 4.79 Å². The van der Waals surface area contributed by atoms with Gasteiger partial charge in [0, 0.05) is 11.6 Å². The standard InChI is InChI=1S/C10H11NO4/c11-9(4-10(14)15)8-3-7(13)2-1-6(8)5-12/h1-3,5,9,13H,4,11H2,(H,14,15). The Balaban J connectivity index is 3.04. The Morgan fingerprint density at radius 3 is 2.73 bits per heavy atom. The van der Waals surface area contributed by atoms with E-state index < -0.39 is 12.0 Å². The number of carboxylic acids is 1. The molecular weight excluding hydrogens is 198 g/mol. The zero-order valence-corrected chi connectivity index (χ0v) is 7.88. The van der Waals surface area contributed by atoms with E-state index in [9.17, 15) is 14.7 Å². The molecule has 1 rings (SSSR count).